The minimum absolute atomic E-state index is 0.0408. The molecule has 3 aromatic carbocycles. The average molecular weight is 606 g/mol. The molecule has 0 unspecified atom stereocenters. The Hall–Kier alpha value is -4.15. The van der Waals surface area contributed by atoms with Gasteiger partial charge in [-0.05, 0) is 35.9 Å². The largest absolute Gasteiger partial charge is 0.382 e. The molecule has 4 aromatic rings. The molecule has 2 atom stereocenters. The van der Waals surface area contributed by atoms with Crippen molar-refractivity contribution >= 4 is 17.7 Å². The molecule has 2 heterocycles. The van der Waals surface area contributed by atoms with Crippen LogP contribution in [0.5, 0.6) is 0 Å². The van der Waals surface area contributed by atoms with Crippen LogP contribution in [0.15, 0.2) is 79.4 Å². The number of aliphatic hydroxyl groups is 1. The molecule has 1 saturated heterocycles. The molecule has 1 aliphatic heterocycles. The average Bonchev–Trinajstić information content (AvgIpc) is 3.53. The van der Waals surface area contributed by atoms with Gasteiger partial charge in [0.25, 0.3) is 5.91 Å². The van der Waals surface area contributed by atoms with Crippen LogP contribution >= 0.6 is 11.8 Å². The van der Waals surface area contributed by atoms with Crippen molar-refractivity contribution in [3.63, 3.8) is 0 Å². The van der Waals surface area contributed by atoms with E-state index in [-0.39, 0.29) is 23.3 Å². The van der Waals surface area contributed by atoms with Crippen molar-refractivity contribution in [2.24, 2.45) is 0 Å². The summed E-state index contributed by atoms with van der Waals surface area (Å²) in [6.07, 6.45) is 2.11. The summed E-state index contributed by atoms with van der Waals surface area (Å²) in [6, 6.07) is 19.1. The number of nitrogens with zero attached hydrogens (tertiary/aromatic N) is 4. The first kappa shape index (κ1) is 30.3. The first-order chi connectivity index (χ1) is 20.7. The number of nitrogens with one attached hydrogen (secondary N) is 1. The van der Waals surface area contributed by atoms with Crippen LogP contribution in [-0.2, 0) is 28.2 Å². The van der Waals surface area contributed by atoms with Crippen LogP contribution in [0.3, 0.4) is 0 Å². The number of rotatable bonds is 10. The lowest BCUT2D eigenvalue weighted by atomic mass is 9.90. The third-order valence-corrected chi connectivity index (χ3v) is 8.64. The van der Waals surface area contributed by atoms with E-state index in [4.69, 9.17) is 14.7 Å². The third kappa shape index (κ3) is 7.26. The van der Waals surface area contributed by atoms with Crippen molar-refractivity contribution in [1.29, 1.82) is 5.26 Å². The number of benzene rings is 3. The zero-order valence-corrected chi connectivity index (χ0v) is 24.0. The molecule has 5 rings (SSSR count). The van der Waals surface area contributed by atoms with E-state index in [0.29, 0.717) is 30.9 Å². The van der Waals surface area contributed by atoms with Crippen molar-refractivity contribution in [2.45, 2.75) is 42.4 Å². The molecule has 12 heteroatoms. The minimum Gasteiger partial charge on any atom is -0.382 e. The van der Waals surface area contributed by atoms with Crippen molar-refractivity contribution in [3.8, 4) is 6.07 Å². The van der Waals surface area contributed by atoms with E-state index in [1.54, 1.807) is 55.5 Å². The first-order valence-electron chi connectivity index (χ1n) is 13.5. The van der Waals surface area contributed by atoms with Crippen LogP contribution in [-0.4, -0.2) is 49.5 Å². The summed E-state index contributed by atoms with van der Waals surface area (Å²) in [5.74, 6) is -1.82. The highest BCUT2D eigenvalue weighted by molar-refractivity contribution is 8.00. The number of aromatic nitrogens is 3. The lowest BCUT2D eigenvalue weighted by Gasteiger charge is -2.37. The number of halogens is 2. The molecule has 1 aliphatic rings. The summed E-state index contributed by atoms with van der Waals surface area (Å²) in [4.78, 5) is 16.5. The molecule has 9 nitrogen and oxygen atoms in total. The fourth-order valence-corrected chi connectivity index (χ4v) is 6.08. The molecule has 0 saturated carbocycles. The number of thioether (sulfide) groups is 1. The van der Waals surface area contributed by atoms with Gasteiger partial charge in [-0.25, -0.2) is 18.4 Å². The molecule has 0 spiro atoms. The number of carbonyl (C=O) groups excluding carboxylic acids is 1. The molecule has 1 aromatic heterocycles. The summed E-state index contributed by atoms with van der Waals surface area (Å²) in [6.45, 7) is 2.62. The molecule has 0 bridgehead atoms. The highest BCUT2D eigenvalue weighted by Gasteiger charge is 2.41. The lowest BCUT2D eigenvalue weighted by Crippen LogP contribution is -2.43. The summed E-state index contributed by atoms with van der Waals surface area (Å²) < 4.78 is 41.8. The maximum absolute atomic E-state index is 14.8. The SMILES string of the molecule is C[C@@H](S[C@H]1CO[C@H](c2ccc(C(=O)NCc3ccc(C#N)cc3)cc2)OC1)[C@](O)(Cn1cncn1)c1ccc(F)cc1F. The van der Waals surface area contributed by atoms with Gasteiger partial charge in [-0.1, -0.05) is 37.3 Å². The van der Waals surface area contributed by atoms with E-state index in [9.17, 15) is 18.7 Å². The van der Waals surface area contributed by atoms with Gasteiger partial charge in [-0.3, -0.25) is 4.79 Å². The fourth-order valence-electron chi connectivity index (χ4n) is 4.77. The zero-order valence-electron chi connectivity index (χ0n) is 23.2. The second-order valence-corrected chi connectivity index (χ2v) is 11.8. The number of hydrogen-bond acceptors (Lipinski definition) is 8. The molecule has 2 N–H and O–H groups in total. The predicted octanol–water partition coefficient (Wildman–Crippen LogP) is 4.48. The Bertz CT molecular complexity index is 1570. The number of ether oxygens (including phenoxy) is 2. The van der Waals surface area contributed by atoms with Gasteiger partial charge in [0.2, 0.25) is 0 Å². The molecule has 0 radical (unpaired) electrons. The van der Waals surface area contributed by atoms with Gasteiger partial charge in [0.05, 0.1) is 36.6 Å². The Labute approximate surface area is 251 Å². The lowest BCUT2D eigenvalue weighted by molar-refractivity contribution is -0.180. The number of hydrogen-bond donors (Lipinski definition) is 2. The molecule has 43 heavy (non-hydrogen) atoms. The van der Waals surface area contributed by atoms with E-state index < -0.39 is 28.8 Å². The van der Waals surface area contributed by atoms with Gasteiger partial charge in [0.15, 0.2) is 6.29 Å². The summed E-state index contributed by atoms with van der Waals surface area (Å²) >= 11 is 1.38. The Morgan fingerprint density at radius 2 is 1.88 bits per heavy atom. The zero-order chi connectivity index (χ0) is 30.4. The van der Waals surface area contributed by atoms with Gasteiger partial charge in [-0.15, -0.1) is 11.8 Å². The molecule has 0 aliphatic carbocycles. The van der Waals surface area contributed by atoms with Crippen LogP contribution in [0, 0.1) is 23.0 Å². The fraction of sp³-hybridized carbons (Fsp3) is 0.290. The van der Waals surface area contributed by atoms with Crippen molar-refractivity contribution in [1.82, 2.24) is 20.1 Å². The van der Waals surface area contributed by atoms with Crippen LogP contribution in [0.1, 0.15) is 45.8 Å². The summed E-state index contributed by atoms with van der Waals surface area (Å²) in [5, 5.41) is 26.8. The van der Waals surface area contributed by atoms with Crippen molar-refractivity contribution in [3.05, 3.63) is 119 Å². The van der Waals surface area contributed by atoms with Crippen molar-refractivity contribution < 1.29 is 28.2 Å². The predicted molar refractivity (Wildman–Crippen MR) is 155 cm³/mol. The minimum atomic E-state index is -1.73. The molecule has 1 amide bonds. The van der Waals surface area contributed by atoms with E-state index in [0.717, 1.165) is 23.3 Å². The van der Waals surface area contributed by atoms with Crippen LogP contribution in [0.4, 0.5) is 8.78 Å². The van der Waals surface area contributed by atoms with Gasteiger partial charge in [0, 0.05) is 34.6 Å². The number of nitriles is 1. The second kappa shape index (κ2) is 13.4. The van der Waals surface area contributed by atoms with Crippen molar-refractivity contribution in [2.75, 3.05) is 13.2 Å². The van der Waals surface area contributed by atoms with Gasteiger partial charge in [-0.2, -0.15) is 10.4 Å². The van der Waals surface area contributed by atoms with Crippen LogP contribution in [0.25, 0.3) is 0 Å². The van der Waals surface area contributed by atoms with Crippen LogP contribution in [0.2, 0.25) is 0 Å². The van der Waals surface area contributed by atoms with E-state index in [2.05, 4.69) is 21.5 Å². The Balaban J connectivity index is 1.17. The molecule has 222 valence electrons. The smallest absolute Gasteiger partial charge is 0.251 e. The maximum atomic E-state index is 14.8. The number of amides is 1. The molecular weight excluding hydrogens is 576 g/mol. The Morgan fingerprint density at radius 3 is 2.51 bits per heavy atom. The summed E-state index contributed by atoms with van der Waals surface area (Å²) in [5.41, 5.74) is 0.896. The monoisotopic (exact) mass is 605 g/mol. The quantitative estimate of drug-likeness (QED) is 0.271. The maximum Gasteiger partial charge on any atom is 0.251 e. The van der Waals surface area contributed by atoms with Crippen LogP contribution < -0.4 is 5.32 Å². The first-order valence-corrected chi connectivity index (χ1v) is 14.5. The normalized spacial score (nSPS) is 18.8. The third-order valence-electron chi connectivity index (χ3n) is 7.18. The van der Waals surface area contributed by atoms with Gasteiger partial charge in [0.1, 0.15) is 29.9 Å². The van der Waals surface area contributed by atoms with E-state index >= 15 is 0 Å². The van der Waals surface area contributed by atoms with Gasteiger partial charge < -0.3 is 19.9 Å². The highest BCUT2D eigenvalue weighted by Crippen LogP contribution is 2.39. The highest BCUT2D eigenvalue weighted by atomic mass is 32.2. The standard InChI is InChI=1S/C31H29F2N5O4S/c1-20(31(40,17-38-19-35-18-37-38)27-11-10-25(32)12-28(27)33)43-26-15-41-30(42-16-26)24-8-6-23(7-9-24)29(39)36-14-22-4-2-21(13-34)3-5-22/h2-12,18-20,26,30,40H,14-17H2,1H3,(H,36,39)/t20-,26-,30-,31-/m1/s1. The van der Waals surface area contributed by atoms with Gasteiger partial charge >= 0.3 is 0 Å². The Morgan fingerprint density at radius 1 is 1.16 bits per heavy atom. The Kier molecular flexibility index (Phi) is 9.47. The topological polar surface area (TPSA) is 122 Å². The number of carbonyl (C=O) groups is 1. The molecular formula is C31H29F2N5O4S. The second-order valence-electron chi connectivity index (χ2n) is 10.2. The summed E-state index contributed by atoms with van der Waals surface area (Å²) in [7, 11) is 0. The molecule has 1 fully saturated rings. The van der Waals surface area contributed by atoms with E-state index in [1.807, 2.05) is 0 Å². The van der Waals surface area contributed by atoms with E-state index in [1.165, 1.54) is 35.2 Å².